The normalized spacial score (nSPS) is 11.7. The second-order valence-corrected chi connectivity index (χ2v) is 5.27. The fourth-order valence-electron chi connectivity index (χ4n) is 2.44. The number of hydrogen-bond donors (Lipinski definition) is 2. The molecule has 0 bridgehead atoms. The molecule has 4 nitrogen and oxygen atoms in total. The molecule has 2 rings (SSSR count). The van der Waals surface area contributed by atoms with Crippen LogP contribution in [0.4, 0.5) is 5.69 Å². The first kappa shape index (κ1) is 15.8. The molecule has 2 aromatic rings. The van der Waals surface area contributed by atoms with E-state index >= 15 is 0 Å². The minimum atomic E-state index is -0.397. The Balaban J connectivity index is 2.22. The first-order valence-corrected chi connectivity index (χ1v) is 7.27. The lowest BCUT2D eigenvalue weighted by atomic mass is 9.90. The topological polar surface area (TPSA) is 72.2 Å². The van der Waals surface area contributed by atoms with Crippen LogP contribution in [0.2, 0.25) is 0 Å². The van der Waals surface area contributed by atoms with Crippen LogP contribution in [-0.2, 0) is 9.59 Å². The SMILES string of the molecule is Cc1ccccc1C(CCC(N)=O)C(=O)Nc1ccccc1. The van der Waals surface area contributed by atoms with Gasteiger partial charge in [-0.2, -0.15) is 0 Å². The van der Waals surface area contributed by atoms with Gasteiger partial charge in [-0.15, -0.1) is 0 Å². The van der Waals surface area contributed by atoms with Crippen molar-refractivity contribution in [1.29, 1.82) is 0 Å². The van der Waals surface area contributed by atoms with E-state index in [9.17, 15) is 9.59 Å². The van der Waals surface area contributed by atoms with Crippen molar-refractivity contribution in [3.8, 4) is 0 Å². The number of hydrogen-bond acceptors (Lipinski definition) is 2. The second-order valence-electron chi connectivity index (χ2n) is 5.27. The van der Waals surface area contributed by atoms with Gasteiger partial charge in [0.15, 0.2) is 0 Å². The maximum atomic E-state index is 12.6. The Kier molecular flexibility index (Phi) is 5.31. The van der Waals surface area contributed by atoms with Crippen LogP contribution in [-0.4, -0.2) is 11.8 Å². The van der Waals surface area contributed by atoms with Crippen LogP contribution < -0.4 is 11.1 Å². The molecule has 1 atom stereocenters. The number of benzene rings is 2. The van der Waals surface area contributed by atoms with Gasteiger partial charge in [0, 0.05) is 12.1 Å². The fraction of sp³-hybridized carbons (Fsp3) is 0.222. The van der Waals surface area contributed by atoms with E-state index in [1.807, 2.05) is 61.5 Å². The van der Waals surface area contributed by atoms with E-state index in [0.717, 1.165) is 16.8 Å². The molecule has 1 unspecified atom stereocenters. The molecule has 0 saturated heterocycles. The van der Waals surface area contributed by atoms with E-state index < -0.39 is 11.8 Å². The van der Waals surface area contributed by atoms with Gasteiger partial charge in [0.1, 0.15) is 0 Å². The molecule has 0 spiro atoms. The lowest BCUT2D eigenvalue weighted by molar-refractivity contribution is -0.119. The Labute approximate surface area is 130 Å². The lowest BCUT2D eigenvalue weighted by Gasteiger charge is -2.18. The molecule has 0 heterocycles. The highest BCUT2D eigenvalue weighted by Crippen LogP contribution is 2.26. The van der Waals surface area contributed by atoms with E-state index in [1.165, 1.54) is 0 Å². The summed E-state index contributed by atoms with van der Waals surface area (Å²) in [6, 6.07) is 17.0. The average Bonchev–Trinajstić information content (AvgIpc) is 2.50. The third-order valence-corrected chi connectivity index (χ3v) is 3.60. The minimum Gasteiger partial charge on any atom is -0.370 e. The summed E-state index contributed by atoms with van der Waals surface area (Å²) in [4.78, 5) is 23.7. The first-order chi connectivity index (χ1) is 10.6. The molecular weight excluding hydrogens is 276 g/mol. The molecule has 0 aliphatic rings. The molecule has 114 valence electrons. The molecule has 3 N–H and O–H groups in total. The summed E-state index contributed by atoms with van der Waals surface area (Å²) in [7, 11) is 0. The minimum absolute atomic E-state index is 0.123. The predicted octanol–water partition coefficient (Wildman–Crippen LogP) is 2.98. The van der Waals surface area contributed by atoms with Crippen LogP contribution in [0.1, 0.15) is 29.9 Å². The standard InChI is InChI=1S/C18H20N2O2/c1-13-7-5-6-10-15(13)16(11-12-17(19)21)18(22)20-14-8-3-2-4-9-14/h2-10,16H,11-12H2,1H3,(H2,19,21)(H,20,22). The number of primary amides is 1. The number of anilines is 1. The van der Waals surface area contributed by atoms with Crippen LogP contribution in [0.15, 0.2) is 54.6 Å². The Morgan fingerprint density at radius 3 is 2.32 bits per heavy atom. The van der Waals surface area contributed by atoms with Crippen LogP contribution in [0.25, 0.3) is 0 Å². The summed E-state index contributed by atoms with van der Waals surface area (Å²) in [5.74, 6) is -0.915. The monoisotopic (exact) mass is 296 g/mol. The fourth-order valence-corrected chi connectivity index (χ4v) is 2.44. The van der Waals surface area contributed by atoms with E-state index in [0.29, 0.717) is 6.42 Å². The smallest absolute Gasteiger partial charge is 0.231 e. The third kappa shape index (κ3) is 4.19. The zero-order valence-corrected chi connectivity index (χ0v) is 12.6. The van der Waals surface area contributed by atoms with Crippen molar-refractivity contribution in [3.63, 3.8) is 0 Å². The van der Waals surface area contributed by atoms with Crippen LogP contribution in [0.5, 0.6) is 0 Å². The Bertz CT molecular complexity index is 653. The Hall–Kier alpha value is -2.62. The van der Waals surface area contributed by atoms with Gasteiger partial charge in [0.05, 0.1) is 5.92 Å². The van der Waals surface area contributed by atoms with Crippen LogP contribution in [0.3, 0.4) is 0 Å². The van der Waals surface area contributed by atoms with Crippen molar-refractivity contribution >= 4 is 17.5 Å². The van der Waals surface area contributed by atoms with Crippen molar-refractivity contribution in [1.82, 2.24) is 0 Å². The molecule has 0 aromatic heterocycles. The second kappa shape index (κ2) is 7.41. The number of amides is 2. The van der Waals surface area contributed by atoms with Gasteiger partial charge in [-0.25, -0.2) is 0 Å². The molecule has 22 heavy (non-hydrogen) atoms. The van der Waals surface area contributed by atoms with Gasteiger partial charge >= 0.3 is 0 Å². The summed E-state index contributed by atoms with van der Waals surface area (Å²) in [6.45, 7) is 1.96. The maximum absolute atomic E-state index is 12.6. The summed E-state index contributed by atoms with van der Waals surface area (Å²) in [5, 5.41) is 2.90. The van der Waals surface area contributed by atoms with Crippen LogP contribution in [0, 0.1) is 6.92 Å². The number of aryl methyl sites for hydroxylation is 1. The van der Waals surface area contributed by atoms with Crippen molar-refractivity contribution < 1.29 is 9.59 Å². The third-order valence-electron chi connectivity index (χ3n) is 3.60. The largest absolute Gasteiger partial charge is 0.370 e. The molecule has 2 aromatic carbocycles. The molecule has 0 aliphatic heterocycles. The number of nitrogens with two attached hydrogens (primary N) is 1. The number of rotatable bonds is 6. The van der Waals surface area contributed by atoms with Gasteiger partial charge < -0.3 is 11.1 Å². The number of carbonyl (C=O) groups excluding carboxylic acids is 2. The highest BCUT2D eigenvalue weighted by atomic mass is 16.2. The zero-order chi connectivity index (χ0) is 15.9. The van der Waals surface area contributed by atoms with Gasteiger partial charge in [0.25, 0.3) is 0 Å². The molecule has 4 heteroatoms. The van der Waals surface area contributed by atoms with E-state index in [1.54, 1.807) is 0 Å². The van der Waals surface area contributed by atoms with Crippen molar-refractivity contribution in [3.05, 3.63) is 65.7 Å². The van der Waals surface area contributed by atoms with Gasteiger partial charge in [-0.05, 0) is 36.6 Å². The number of carbonyl (C=O) groups is 2. The molecule has 0 fully saturated rings. The average molecular weight is 296 g/mol. The lowest BCUT2D eigenvalue weighted by Crippen LogP contribution is -2.23. The highest BCUT2D eigenvalue weighted by molar-refractivity contribution is 5.96. The number of para-hydroxylation sites is 1. The molecule has 0 radical (unpaired) electrons. The molecule has 2 amide bonds. The zero-order valence-electron chi connectivity index (χ0n) is 12.6. The highest BCUT2D eigenvalue weighted by Gasteiger charge is 2.22. The Morgan fingerprint density at radius 2 is 1.68 bits per heavy atom. The molecule has 0 aliphatic carbocycles. The summed E-state index contributed by atoms with van der Waals surface area (Å²) in [5.41, 5.74) is 7.94. The first-order valence-electron chi connectivity index (χ1n) is 7.27. The predicted molar refractivity (Wildman–Crippen MR) is 87.4 cm³/mol. The molecular formula is C18H20N2O2. The molecule has 0 saturated carbocycles. The van der Waals surface area contributed by atoms with Crippen LogP contribution >= 0.6 is 0 Å². The Morgan fingerprint density at radius 1 is 1.05 bits per heavy atom. The van der Waals surface area contributed by atoms with Gasteiger partial charge in [-0.1, -0.05) is 42.5 Å². The maximum Gasteiger partial charge on any atom is 0.231 e. The van der Waals surface area contributed by atoms with Crippen molar-refractivity contribution in [2.24, 2.45) is 5.73 Å². The van der Waals surface area contributed by atoms with E-state index in [4.69, 9.17) is 5.73 Å². The van der Waals surface area contributed by atoms with Gasteiger partial charge in [-0.3, -0.25) is 9.59 Å². The van der Waals surface area contributed by atoms with Crippen molar-refractivity contribution in [2.75, 3.05) is 5.32 Å². The van der Waals surface area contributed by atoms with Crippen molar-refractivity contribution in [2.45, 2.75) is 25.7 Å². The summed E-state index contributed by atoms with van der Waals surface area (Å²) < 4.78 is 0. The summed E-state index contributed by atoms with van der Waals surface area (Å²) >= 11 is 0. The number of nitrogens with one attached hydrogen (secondary N) is 1. The van der Waals surface area contributed by atoms with Gasteiger partial charge in [0.2, 0.25) is 11.8 Å². The van der Waals surface area contributed by atoms with E-state index in [2.05, 4.69) is 5.32 Å². The summed E-state index contributed by atoms with van der Waals surface area (Å²) in [6.07, 6.45) is 0.583. The quantitative estimate of drug-likeness (QED) is 0.860. The van der Waals surface area contributed by atoms with E-state index in [-0.39, 0.29) is 12.3 Å².